The van der Waals surface area contributed by atoms with Crippen LogP contribution in [0.2, 0.25) is 0 Å². The number of furan rings is 1. The van der Waals surface area contributed by atoms with E-state index in [0.717, 1.165) is 16.5 Å². The second-order valence-corrected chi connectivity index (χ2v) is 12.9. The summed E-state index contributed by atoms with van der Waals surface area (Å²) in [6.45, 7) is 0. The molecule has 0 N–H and O–H groups in total. The molecule has 10 aromatic carbocycles. The average molecular weight is 687 g/mol. The molecular weight excluding hydrogens is 641 g/mol. The molecule has 11 aromatic rings. The van der Waals surface area contributed by atoms with Crippen LogP contribution in [0.1, 0.15) is 19.2 Å². The molecule has 0 spiro atoms. The minimum absolute atomic E-state index is 0.0842. The first-order valence-electron chi connectivity index (χ1n) is 24.1. The van der Waals surface area contributed by atoms with Crippen LogP contribution in [0.25, 0.3) is 110 Å². The molecular formula is C52H32O. The highest BCUT2D eigenvalue weighted by atomic mass is 16.3. The van der Waals surface area contributed by atoms with Crippen molar-refractivity contribution in [3.63, 3.8) is 0 Å². The molecule has 11 rings (SSSR count). The van der Waals surface area contributed by atoms with Crippen molar-refractivity contribution in [3.8, 4) is 44.5 Å². The monoisotopic (exact) mass is 686 g/mol. The number of benzene rings is 10. The van der Waals surface area contributed by atoms with Gasteiger partial charge in [0.1, 0.15) is 11.2 Å². The molecule has 0 atom stereocenters. The van der Waals surface area contributed by atoms with Crippen LogP contribution < -0.4 is 0 Å². The molecule has 1 heterocycles. The first-order valence-corrected chi connectivity index (χ1v) is 17.1. The highest BCUT2D eigenvalue weighted by Crippen LogP contribution is 2.51. The van der Waals surface area contributed by atoms with Gasteiger partial charge in [-0.3, -0.25) is 0 Å². The van der Waals surface area contributed by atoms with Gasteiger partial charge in [0.05, 0.1) is 19.2 Å². The first-order chi connectivity index (χ1) is 32.1. The lowest BCUT2D eigenvalue weighted by Crippen LogP contribution is -1.94. The molecule has 0 aliphatic carbocycles. The number of hydrogen-bond donors (Lipinski definition) is 0. The highest BCUT2D eigenvalue weighted by Gasteiger charge is 2.24. The van der Waals surface area contributed by atoms with Crippen LogP contribution in [0, 0.1) is 0 Å². The van der Waals surface area contributed by atoms with Gasteiger partial charge in [-0.25, -0.2) is 0 Å². The van der Waals surface area contributed by atoms with Crippen molar-refractivity contribution in [1.29, 1.82) is 0 Å². The molecule has 0 aliphatic rings. The molecule has 0 radical (unpaired) electrons. The SMILES string of the molecule is [2H]c1c([2H])c([2H])c2c(-c3c4c([2H])c([2H])c([2H])c([2H])c4c(-c4cccc5ccccc45)c4c([2H])c([2H])c([2H])c([2H])c34)c(-c3cccc4oc5cccc(-c6ccccc6)c5c34)c([2H])c([2H])c2c1[2H]. The molecule has 0 bridgehead atoms. The zero-order valence-electron chi connectivity index (χ0n) is 41.8. The van der Waals surface area contributed by atoms with Crippen LogP contribution in [0.15, 0.2) is 198 Å². The van der Waals surface area contributed by atoms with E-state index in [1.807, 2.05) is 66.7 Å². The fraction of sp³-hybridized carbons (Fsp3) is 0. The second-order valence-electron chi connectivity index (χ2n) is 12.9. The van der Waals surface area contributed by atoms with Gasteiger partial charge in [0.25, 0.3) is 0 Å². The molecule has 1 heteroatoms. The van der Waals surface area contributed by atoms with Crippen molar-refractivity contribution < 1.29 is 23.6 Å². The average Bonchev–Trinajstić information content (AvgIpc) is 3.74. The summed E-state index contributed by atoms with van der Waals surface area (Å²) in [5.74, 6) is 0. The Kier molecular flexibility index (Phi) is 4.24. The summed E-state index contributed by atoms with van der Waals surface area (Å²) < 4.78 is 138. The zero-order chi connectivity index (χ0) is 47.1. The topological polar surface area (TPSA) is 13.1 Å². The summed E-state index contributed by atoms with van der Waals surface area (Å²) in [4.78, 5) is 0. The zero-order valence-corrected chi connectivity index (χ0v) is 27.8. The lowest BCUT2D eigenvalue weighted by Gasteiger charge is -2.22. The summed E-state index contributed by atoms with van der Waals surface area (Å²) in [6.07, 6.45) is 0. The van der Waals surface area contributed by atoms with Gasteiger partial charge in [0, 0.05) is 10.8 Å². The van der Waals surface area contributed by atoms with Crippen molar-refractivity contribution in [3.05, 3.63) is 194 Å². The molecule has 53 heavy (non-hydrogen) atoms. The predicted octanol–water partition coefficient (Wildman–Crippen LogP) is 14.9. The molecule has 1 nitrogen and oxygen atoms in total. The third-order valence-electron chi connectivity index (χ3n) is 10.1. The van der Waals surface area contributed by atoms with E-state index in [2.05, 4.69) is 0 Å². The fourth-order valence-corrected chi connectivity index (χ4v) is 7.88. The molecule has 0 fully saturated rings. The van der Waals surface area contributed by atoms with Crippen molar-refractivity contribution >= 4 is 65.0 Å². The van der Waals surface area contributed by atoms with E-state index in [0.29, 0.717) is 32.9 Å². The Labute approximate surface area is 326 Å². The molecule has 1 aromatic heterocycles. The summed E-state index contributed by atoms with van der Waals surface area (Å²) in [7, 11) is 0. The van der Waals surface area contributed by atoms with Gasteiger partial charge in [0.2, 0.25) is 0 Å². The molecule has 0 aliphatic heterocycles. The molecule has 0 saturated carbocycles. The van der Waals surface area contributed by atoms with Gasteiger partial charge in [-0.05, 0) is 99.7 Å². The van der Waals surface area contributed by atoms with E-state index in [1.165, 1.54) is 0 Å². The van der Waals surface area contributed by atoms with Crippen LogP contribution in [-0.4, -0.2) is 0 Å². The quantitative estimate of drug-likeness (QED) is 0.168. The molecule has 246 valence electrons. The standard InChI is InChI=1S/C52H32O/c1-2-15-34(16-3-1)38-26-13-29-46-51(38)52-44(28-14-30-47(52)53-46)45-32-31-35-18-5-7-21-37(35)49(45)50-42-24-10-8-22-40(42)48(41-23-9-11-25-43(41)50)39-27-12-19-33-17-4-6-20-36(33)39/h1-32H/i5D,7D,8D,9D,10D,11D,18D,21D,22D,23D,24D,25D,31D,32D. The number of rotatable bonds is 4. The van der Waals surface area contributed by atoms with Crippen molar-refractivity contribution in [1.82, 2.24) is 0 Å². The normalized spacial score (nSPS) is 15.5. The van der Waals surface area contributed by atoms with Crippen LogP contribution in [0.4, 0.5) is 0 Å². The van der Waals surface area contributed by atoms with Gasteiger partial charge < -0.3 is 4.42 Å². The van der Waals surface area contributed by atoms with Crippen LogP contribution >= 0.6 is 0 Å². The summed E-state index contributed by atoms with van der Waals surface area (Å²) in [5.41, 5.74) is 2.71. The third-order valence-corrected chi connectivity index (χ3v) is 10.1. The van der Waals surface area contributed by atoms with Gasteiger partial charge in [-0.2, -0.15) is 0 Å². The van der Waals surface area contributed by atoms with Gasteiger partial charge in [0.15, 0.2) is 0 Å². The fourth-order valence-electron chi connectivity index (χ4n) is 7.88. The Morgan fingerprint density at radius 3 is 1.60 bits per heavy atom. The lowest BCUT2D eigenvalue weighted by molar-refractivity contribution is 0.669. The Hall–Kier alpha value is -6.96. The number of hydrogen-bond acceptors (Lipinski definition) is 1. The summed E-state index contributed by atoms with van der Waals surface area (Å²) in [5, 5.41) is 1.16. The van der Waals surface area contributed by atoms with E-state index in [9.17, 15) is 11.0 Å². The Balaban J connectivity index is 1.49. The van der Waals surface area contributed by atoms with Gasteiger partial charge >= 0.3 is 0 Å². The first kappa shape index (κ1) is 19.0. The van der Waals surface area contributed by atoms with E-state index in [-0.39, 0.29) is 60.1 Å². The van der Waals surface area contributed by atoms with Crippen LogP contribution in [0.5, 0.6) is 0 Å². The predicted molar refractivity (Wildman–Crippen MR) is 225 cm³/mol. The maximum atomic E-state index is 10.0. The minimum Gasteiger partial charge on any atom is -0.456 e. The van der Waals surface area contributed by atoms with Crippen molar-refractivity contribution in [2.45, 2.75) is 0 Å². The van der Waals surface area contributed by atoms with E-state index >= 15 is 0 Å². The van der Waals surface area contributed by atoms with E-state index in [4.69, 9.17) is 12.6 Å². The molecule has 0 unspecified atom stereocenters. The van der Waals surface area contributed by atoms with Crippen LogP contribution in [0.3, 0.4) is 0 Å². The second kappa shape index (κ2) is 11.8. The summed E-state index contributed by atoms with van der Waals surface area (Å²) in [6, 6.07) is 24.3. The maximum absolute atomic E-state index is 10.0. The maximum Gasteiger partial charge on any atom is 0.136 e. The van der Waals surface area contributed by atoms with Crippen LogP contribution in [-0.2, 0) is 0 Å². The smallest absolute Gasteiger partial charge is 0.136 e. The van der Waals surface area contributed by atoms with Crippen molar-refractivity contribution in [2.75, 3.05) is 0 Å². The Morgan fingerprint density at radius 2 is 0.868 bits per heavy atom. The van der Waals surface area contributed by atoms with Gasteiger partial charge in [-0.1, -0.05) is 182 Å². The van der Waals surface area contributed by atoms with E-state index < -0.39 is 84.6 Å². The minimum atomic E-state index is -0.690. The lowest BCUT2D eigenvalue weighted by atomic mass is 9.81. The number of fused-ring (bicyclic) bond motifs is 7. The third kappa shape index (κ3) is 4.51. The Morgan fingerprint density at radius 1 is 0.321 bits per heavy atom. The Bertz CT molecular complexity index is 3940. The highest BCUT2D eigenvalue weighted by molar-refractivity contribution is 6.28. The molecule has 0 amide bonds. The molecule has 0 saturated heterocycles. The van der Waals surface area contributed by atoms with Crippen molar-refractivity contribution in [2.24, 2.45) is 0 Å². The largest absolute Gasteiger partial charge is 0.456 e. The summed E-state index contributed by atoms with van der Waals surface area (Å²) >= 11 is 0. The van der Waals surface area contributed by atoms with Gasteiger partial charge in [-0.15, -0.1) is 0 Å². The van der Waals surface area contributed by atoms with E-state index in [1.54, 1.807) is 42.5 Å².